The quantitative estimate of drug-likeness (QED) is 0.502. The number of methoxy groups -OCH3 is 1. The van der Waals surface area contributed by atoms with Gasteiger partial charge in [-0.15, -0.1) is 0 Å². The molecular formula is C22H25N5O4S. The number of H-pyrrole nitrogens is 1. The summed E-state index contributed by atoms with van der Waals surface area (Å²) in [5.74, 6) is 0.0786. The maximum absolute atomic E-state index is 13.0. The Morgan fingerprint density at radius 1 is 1.16 bits per heavy atom. The average Bonchev–Trinajstić information content (AvgIpc) is 3.43. The summed E-state index contributed by atoms with van der Waals surface area (Å²) in [5.41, 5.74) is 2.60. The minimum Gasteiger partial charge on any atom is -0.495 e. The van der Waals surface area contributed by atoms with Crippen molar-refractivity contribution in [2.24, 2.45) is 0 Å². The van der Waals surface area contributed by atoms with Gasteiger partial charge in [-0.05, 0) is 50.1 Å². The molecule has 1 aliphatic rings. The van der Waals surface area contributed by atoms with Crippen molar-refractivity contribution in [1.29, 1.82) is 0 Å². The van der Waals surface area contributed by atoms with E-state index in [0.29, 0.717) is 5.82 Å². The van der Waals surface area contributed by atoms with E-state index in [2.05, 4.69) is 25.2 Å². The highest BCUT2D eigenvalue weighted by Crippen LogP contribution is 2.29. The number of aromatic nitrogens is 3. The van der Waals surface area contributed by atoms with Crippen LogP contribution in [-0.2, 0) is 10.0 Å². The standard InChI is InChI=1S/C22H25N5O4S/c1-14-20(15-9-11-23-12-10-15)25-26-21(14)24-22(28)16-7-8-18(31-2)19(13-16)32(29,30)27-17-5-3-4-6-17/h7-13,17,27H,3-6H2,1-2H3,(H2,24,25,26,28). The third-order valence-corrected chi connectivity index (χ3v) is 7.14. The molecule has 0 spiro atoms. The van der Waals surface area contributed by atoms with Crippen molar-refractivity contribution in [3.05, 3.63) is 53.9 Å². The number of nitrogens with one attached hydrogen (secondary N) is 3. The molecule has 168 valence electrons. The average molecular weight is 456 g/mol. The molecule has 2 heterocycles. The van der Waals surface area contributed by atoms with E-state index < -0.39 is 15.9 Å². The number of amides is 1. The monoisotopic (exact) mass is 455 g/mol. The SMILES string of the molecule is COc1ccc(C(=O)Nc2n[nH]c(-c3ccncc3)c2C)cc1S(=O)(=O)NC1CCCC1. The van der Waals surface area contributed by atoms with Crippen molar-refractivity contribution in [1.82, 2.24) is 19.9 Å². The molecule has 9 nitrogen and oxygen atoms in total. The molecule has 0 bridgehead atoms. The molecule has 1 fully saturated rings. The fraction of sp³-hybridized carbons (Fsp3) is 0.318. The van der Waals surface area contributed by atoms with Crippen molar-refractivity contribution in [2.75, 3.05) is 12.4 Å². The van der Waals surface area contributed by atoms with Crippen LogP contribution in [0, 0.1) is 6.92 Å². The molecule has 4 rings (SSSR count). The van der Waals surface area contributed by atoms with Gasteiger partial charge < -0.3 is 10.1 Å². The van der Waals surface area contributed by atoms with E-state index in [1.54, 1.807) is 12.4 Å². The number of pyridine rings is 1. The van der Waals surface area contributed by atoms with Crippen LogP contribution in [0.15, 0.2) is 47.6 Å². The molecule has 3 aromatic rings. The number of nitrogens with zero attached hydrogens (tertiary/aromatic N) is 2. The Bertz CT molecular complexity index is 1220. The Morgan fingerprint density at radius 3 is 2.56 bits per heavy atom. The molecule has 3 N–H and O–H groups in total. The molecule has 0 aliphatic heterocycles. The lowest BCUT2D eigenvalue weighted by molar-refractivity contribution is 0.102. The Kier molecular flexibility index (Phi) is 6.24. The highest BCUT2D eigenvalue weighted by molar-refractivity contribution is 7.89. The summed E-state index contributed by atoms with van der Waals surface area (Å²) in [7, 11) is -2.44. The lowest BCUT2D eigenvalue weighted by Crippen LogP contribution is -2.33. The van der Waals surface area contributed by atoms with Gasteiger partial charge in [0.05, 0.1) is 12.8 Å². The van der Waals surface area contributed by atoms with E-state index in [1.807, 2.05) is 19.1 Å². The van der Waals surface area contributed by atoms with E-state index >= 15 is 0 Å². The van der Waals surface area contributed by atoms with E-state index in [1.165, 1.54) is 25.3 Å². The summed E-state index contributed by atoms with van der Waals surface area (Å²) >= 11 is 0. The van der Waals surface area contributed by atoms with E-state index in [-0.39, 0.29) is 22.3 Å². The third kappa shape index (κ3) is 4.51. The van der Waals surface area contributed by atoms with Crippen molar-refractivity contribution < 1.29 is 17.9 Å². The van der Waals surface area contributed by atoms with Crippen molar-refractivity contribution in [2.45, 2.75) is 43.5 Å². The first kappa shape index (κ1) is 22.0. The molecular weight excluding hydrogens is 430 g/mol. The molecule has 0 unspecified atom stereocenters. The molecule has 1 aliphatic carbocycles. The maximum atomic E-state index is 13.0. The van der Waals surface area contributed by atoms with Gasteiger partial charge in [-0.1, -0.05) is 12.8 Å². The number of hydrogen-bond donors (Lipinski definition) is 3. The maximum Gasteiger partial charge on any atom is 0.256 e. The van der Waals surface area contributed by atoms with Crippen LogP contribution in [0.2, 0.25) is 0 Å². The Hall–Kier alpha value is -3.24. The van der Waals surface area contributed by atoms with Crippen molar-refractivity contribution in [3.63, 3.8) is 0 Å². The number of carbonyl (C=O) groups excluding carboxylic acids is 1. The van der Waals surface area contributed by atoms with Gasteiger partial charge in [-0.2, -0.15) is 5.10 Å². The van der Waals surface area contributed by atoms with Crippen LogP contribution in [0.4, 0.5) is 5.82 Å². The second-order valence-corrected chi connectivity index (χ2v) is 9.41. The first-order chi connectivity index (χ1) is 15.4. The summed E-state index contributed by atoms with van der Waals surface area (Å²) in [6.07, 6.45) is 6.95. The highest BCUT2D eigenvalue weighted by atomic mass is 32.2. The van der Waals surface area contributed by atoms with Gasteiger partial charge in [0.25, 0.3) is 5.91 Å². The third-order valence-electron chi connectivity index (χ3n) is 5.60. The summed E-state index contributed by atoms with van der Waals surface area (Å²) in [4.78, 5) is 16.8. The molecule has 0 saturated heterocycles. The number of hydrogen-bond acceptors (Lipinski definition) is 6. The smallest absolute Gasteiger partial charge is 0.256 e. The molecule has 0 radical (unpaired) electrons. The fourth-order valence-electron chi connectivity index (χ4n) is 3.85. The van der Waals surface area contributed by atoms with Gasteiger partial charge in [0.2, 0.25) is 10.0 Å². The van der Waals surface area contributed by atoms with Gasteiger partial charge in [0.1, 0.15) is 10.6 Å². The highest BCUT2D eigenvalue weighted by Gasteiger charge is 2.27. The predicted molar refractivity (Wildman–Crippen MR) is 120 cm³/mol. The number of rotatable bonds is 7. The molecule has 1 aromatic carbocycles. The van der Waals surface area contributed by atoms with E-state index in [4.69, 9.17) is 4.74 Å². The largest absolute Gasteiger partial charge is 0.495 e. The van der Waals surface area contributed by atoms with Crippen molar-refractivity contribution >= 4 is 21.7 Å². The summed E-state index contributed by atoms with van der Waals surface area (Å²) in [6, 6.07) is 7.91. The Morgan fingerprint density at radius 2 is 1.88 bits per heavy atom. The number of anilines is 1. The lowest BCUT2D eigenvalue weighted by Gasteiger charge is -2.15. The van der Waals surface area contributed by atoms with Crippen LogP contribution in [-0.4, -0.2) is 42.7 Å². The van der Waals surface area contributed by atoms with Gasteiger partial charge >= 0.3 is 0 Å². The van der Waals surface area contributed by atoms with Gasteiger partial charge in [-0.25, -0.2) is 13.1 Å². The molecule has 10 heteroatoms. The predicted octanol–water partition coefficient (Wildman–Crippen LogP) is 3.26. The zero-order valence-electron chi connectivity index (χ0n) is 17.9. The van der Waals surface area contributed by atoms with Crippen LogP contribution in [0.5, 0.6) is 5.75 Å². The zero-order chi connectivity index (χ0) is 22.7. The van der Waals surface area contributed by atoms with Gasteiger partial charge in [-0.3, -0.25) is 14.9 Å². The Labute approximate surface area is 186 Å². The minimum absolute atomic E-state index is 0.0595. The summed E-state index contributed by atoms with van der Waals surface area (Å²) in [5, 5.41) is 9.87. The van der Waals surface area contributed by atoms with E-state index in [0.717, 1.165) is 42.5 Å². The van der Waals surface area contributed by atoms with Crippen LogP contribution >= 0.6 is 0 Å². The topological polar surface area (TPSA) is 126 Å². The normalized spacial score (nSPS) is 14.4. The zero-order valence-corrected chi connectivity index (χ0v) is 18.7. The molecule has 0 atom stereocenters. The molecule has 2 aromatic heterocycles. The molecule has 1 saturated carbocycles. The van der Waals surface area contributed by atoms with Crippen LogP contribution in [0.3, 0.4) is 0 Å². The number of sulfonamides is 1. The first-order valence-electron chi connectivity index (χ1n) is 10.4. The Balaban J connectivity index is 1.58. The van der Waals surface area contributed by atoms with Crippen LogP contribution < -0.4 is 14.8 Å². The second kappa shape index (κ2) is 9.09. The van der Waals surface area contributed by atoms with E-state index in [9.17, 15) is 13.2 Å². The first-order valence-corrected chi connectivity index (χ1v) is 11.8. The number of aromatic amines is 1. The van der Waals surface area contributed by atoms with Gasteiger partial charge in [0.15, 0.2) is 5.82 Å². The fourth-order valence-corrected chi connectivity index (χ4v) is 5.35. The van der Waals surface area contributed by atoms with Crippen LogP contribution in [0.25, 0.3) is 11.3 Å². The summed E-state index contributed by atoms with van der Waals surface area (Å²) < 4.78 is 33.9. The number of carbonyl (C=O) groups is 1. The molecule has 1 amide bonds. The molecule has 32 heavy (non-hydrogen) atoms. The number of ether oxygens (including phenoxy) is 1. The van der Waals surface area contributed by atoms with Crippen molar-refractivity contribution in [3.8, 4) is 17.0 Å². The minimum atomic E-state index is -3.84. The second-order valence-electron chi connectivity index (χ2n) is 7.73. The van der Waals surface area contributed by atoms with Gasteiger partial charge in [0, 0.05) is 35.1 Å². The number of benzene rings is 1. The van der Waals surface area contributed by atoms with Crippen LogP contribution in [0.1, 0.15) is 41.6 Å². The lowest BCUT2D eigenvalue weighted by atomic mass is 10.1. The summed E-state index contributed by atoms with van der Waals surface area (Å²) in [6.45, 7) is 1.84.